The van der Waals surface area contributed by atoms with E-state index in [2.05, 4.69) is 37.1 Å². The summed E-state index contributed by atoms with van der Waals surface area (Å²) in [5, 5.41) is 4.27. The van der Waals surface area contributed by atoms with Gasteiger partial charge in [0.2, 0.25) is 0 Å². The van der Waals surface area contributed by atoms with E-state index in [0.29, 0.717) is 23.0 Å². The molecule has 106 valence electrons. The van der Waals surface area contributed by atoms with Gasteiger partial charge < -0.3 is 15.0 Å². The lowest BCUT2D eigenvalue weighted by atomic mass is 9.99. The summed E-state index contributed by atoms with van der Waals surface area (Å²) in [7, 11) is 1.66. The molecule has 19 heavy (non-hydrogen) atoms. The smallest absolute Gasteiger partial charge is 0.139 e. The molecule has 2 atom stereocenters. The first-order valence-electron chi connectivity index (χ1n) is 6.86. The summed E-state index contributed by atoms with van der Waals surface area (Å²) in [6.07, 6.45) is 0. The average molecular weight is 283 g/mol. The minimum atomic E-state index is 0.473. The zero-order chi connectivity index (χ0) is 14.0. The third-order valence-electron chi connectivity index (χ3n) is 3.87. The van der Waals surface area contributed by atoms with Gasteiger partial charge >= 0.3 is 0 Å². The number of methoxy groups -OCH3 is 1. The van der Waals surface area contributed by atoms with E-state index in [1.165, 1.54) is 5.69 Å². The Bertz CT molecular complexity index is 436. The molecule has 1 aromatic rings. The van der Waals surface area contributed by atoms with Gasteiger partial charge in [0.25, 0.3) is 0 Å². The van der Waals surface area contributed by atoms with Gasteiger partial charge in [-0.3, -0.25) is 0 Å². The van der Waals surface area contributed by atoms with Gasteiger partial charge in [0.05, 0.1) is 12.1 Å². The van der Waals surface area contributed by atoms with Crippen molar-refractivity contribution in [1.29, 1.82) is 0 Å². The van der Waals surface area contributed by atoms with Crippen molar-refractivity contribution in [3.63, 3.8) is 0 Å². The molecule has 0 saturated carbocycles. The van der Waals surface area contributed by atoms with Crippen molar-refractivity contribution < 1.29 is 4.74 Å². The molecule has 1 aromatic carbocycles. The fraction of sp³-hybridized carbons (Fsp3) is 0.600. The maximum atomic E-state index is 6.09. The van der Waals surface area contributed by atoms with Crippen molar-refractivity contribution in [3.05, 3.63) is 23.2 Å². The van der Waals surface area contributed by atoms with Crippen LogP contribution in [0, 0.1) is 5.92 Å². The lowest BCUT2D eigenvalue weighted by Crippen LogP contribution is -2.57. The number of piperazine rings is 1. The van der Waals surface area contributed by atoms with Crippen LogP contribution in [0.3, 0.4) is 0 Å². The maximum absolute atomic E-state index is 6.09. The fourth-order valence-electron chi connectivity index (χ4n) is 2.52. The molecular formula is C15H23ClN2O. The highest BCUT2D eigenvalue weighted by atomic mass is 35.5. The molecule has 0 amide bonds. The molecular weight excluding hydrogens is 260 g/mol. The van der Waals surface area contributed by atoms with Crippen LogP contribution in [0.1, 0.15) is 20.8 Å². The predicted octanol–water partition coefficient (Wildman–Crippen LogP) is 3.17. The van der Waals surface area contributed by atoms with Crippen LogP contribution >= 0.6 is 11.6 Å². The monoisotopic (exact) mass is 282 g/mol. The van der Waals surface area contributed by atoms with Crippen molar-refractivity contribution in [2.24, 2.45) is 5.92 Å². The molecule has 0 aromatic heterocycles. The zero-order valence-electron chi connectivity index (χ0n) is 12.1. The van der Waals surface area contributed by atoms with Crippen molar-refractivity contribution in [1.82, 2.24) is 5.32 Å². The number of halogens is 1. The lowest BCUT2D eigenvalue weighted by molar-refractivity contribution is 0.336. The molecule has 4 heteroatoms. The summed E-state index contributed by atoms with van der Waals surface area (Å²) in [4.78, 5) is 2.43. The van der Waals surface area contributed by atoms with Crippen molar-refractivity contribution in [2.75, 3.05) is 25.1 Å². The van der Waals surface area contributed by atoms with Crippen LogP contribution in [-0.2, 0) is 0 Å². The molecule has 3 nitrogen and oxygen atoms in total. The number of hydrogen-bond acceptors (Lipinski definition) is 3. The summed E-state index contributed by atoms with van der Waals surface area (Å²) < 4.78 is 5.31. The van der Waals surface area contributed by atoms with Crippen molar-refractivity contribution in [2.45, 2.75) is 32.9 Å². The van der Waals surface area contributed by atoms with Crippen LogP contribution in [-0.4, -0.2) is 32.3 Å². The number of hydrogen-bond donors (Lipinski definition) is 1. The van der Waals surface area contributed by atoms with E-state index in [-0.39, 0.29) is 0 Å². The van der Waals surface area contributed by atoms with Gasteiger partial charge in [0.15, 0.2) is 0 Å². The van der Waals surface area contributed by atoms with Gasteiger partial charge in [0.1, 0.15) is 5.75 Å². The second-order valence-corrected chi connectivity index (χ2v) is 5.99. The summed E-state index contributed by atoms with van der Waals surface area (Å²) >= 11 is 6.09. The Morgan fingerprint density at radius 1 is 1.42 bits per heavy atom. The van der Waals surface area contributed by atoms with Crippen LogP contribution in [0.5, 0.6) is 5.75 Å². The van der Waals surface area contributed by atoms with Crippen LogP contribution in [0.2, 0.25) is 5.02 Å². The Morgan fingerprint density at radius 3 is 2.79 bits per heavy atom. The molecule has 1 saturated heterocycles. The Kier molecular flexibility index (Phi) is 4.58. The summed E-state index contributed by atoms with van der Waals surface area (Å²) in [5.74, 6) is 1.37. The van der Waals surface area contributed by atoms with E-state index in [0.717, 1.165) is 18.8 Å². The maximum Gasteiger partial charge on any atom is 0.139 e. The summed E-state index contributed by atoms with van der Waals surface area (Å²) in [6, 6.07) is 7.01. The standard InChI is InChI=1S/C15H23ClN2O/c1-10(2)14-9-18(11(3)8-17-14)12-5-6-13(16)15(7-12)19-4/h5-7,10-11,14,17H,8-9H2,1-4H3. The zero-order valence-corrected chi connectivity index (χ0v) is 12.9. The number of anilines is 1. The normalized spacial score (nSPS) is 23.8. The largest absolute Gasteiger partial charge is 0.495 e. The molecule has 1 aliphatic heterocycles. The van der Waals surface area contributed by atoms with E-state index in [4.69, 9.17) is 16.3 Å². The molecule has 1 N–H and O–H groups in total. The number of nitrogens with zero attached hydrogens (tertiary/aromatic N) is 1. The highest BCUT2D eigenvalue weighted by Crippen LogP contribution is 2.31. The van der Waals surface area contributed by atoms with Gasteiger partial charge in [-0.1, -0.05) is 25.4 Å². The lowest BCUT2D eigenvalue weighted by Gasteiger charge is -2.42. The molecule has 0 bridgehead atoms. The minimum absolute atomic E-state index is 0.473. The first-order valence-corrected chi connectivity index (χ1v) is 7.24. The Labute approximate surface area is 120 Å². The minimum Gasteiger partial charge on any atom is -0.495 e. The number of rotatable bonds is 3. The summed E-state index contributed by atoms with van der Waals surface area (Å²) in [6.45, 7) is 8.78. The topological polar surface area (TPSA) is 24.5 Å². The molecule has 2 unspecified atom stereocenters. The van der Waals surface area contributed by atoms with Crippen LogP contribution in [0.15, 0.2) is 18.2 Å². The Balaban J connectivity index is 2.23. The van der Waals surface area contributed by atoms with Crippen molar-refractivity contribution in [3.8, 4) is 5.75 Å². The second kappa shape index (κ2) is 6.02. The molecule has 1 heterocycles. The van der Waals surface area contributed by atoms with E-state index < -0.39 is 0 Å². The highest BCUT2D eigenvalue weighted by molar-refractivity contribution is 6.32. The van der Waals surface area contributed by atoms with Crippen molar-refractivity contribution >= 4 is 17.3 Å². The second-order valence-electron chi connectivity index (χ2n) is 5.58. The number of benzene rings is 1. The highest BCUT2D eigenvalue weighted by Gasteiger charge is 2.27. The Morgan fingerprint density at radius 2 is 2.16 bits per heavy atom. The van der Waals surface area contributed by atoms with Gasteiger partial charge in [0, 0.05) is 36.9 Å². The average Bonchev–Trinajstić information content (AvgIpc) is 2.40. The fourth-order valence-corrected chi connectivity index (χ4v) is 2.72. The molecule has 2 rings (SSSR count). The van der Waals surface area contributed by atoms with Gasteiger partial charge in [-0.25, -0.2) is 0 Å². The summed E-state index contributed by atoms with van der Waals surface area (Å²) in [5.41, 5.74) is 1.18. The van der Waals surface area contributed by atoms with Gasteiger partial charge in [-0.15, -0.1) is 0 Å². The SMILES string of the molecule is COc1cc(N2CC(C(C)C)NCC2C)ccc1Cl. The van der Waals surface area contributed by atoms with E-state index >= 15 is 0 Å². The first-order chi connectivity index (χ1) is 9.02. The van der Waals surface area contributed by atoms with E-state index in [1.807, 2.05) is 12.1 Å². The number of nitrogens with one attached hydrogen (secondary N) is 1. The Hall–Kier alpha value is -0.930. The van der Waals surface area contributed by atoms with Crippen LogP contribution < -0.4 is 15.0 Å². The molecule has 0 spiro atoms. The van der Waals surface area contributed by atoms with Gasteiger partial charge in [-0.05, 0) is 25.0 Å². The van der Waals surface area contributed by atoms with Gasteiger partial charge in [-0.2, -0.15) is 0 Å². The molecule has 0 aliphatic carbocycles. The third kappa shape index (κ3) is 3.15. The van der Waals surface area contributed by atoms with Crippen LogP contribution in [0.25, 0.3) is 0 Å². The first kappa shape index (κ1) is 14.5. The van der Waals surface area contributed by atoms with E-state index in [1.54, 1.807) is 7.11 Å². The molecule has 1 aliphatic rings. The van der Waals surface area contributed by atoms with Crippen LogP contribution in [0.4, 0.5) is 5.69 Å². The van der Waals surface area contributed by atoms with E-state index in [9.17, 15) is 0 Å². The predicted molar refractivity (Wildman–Crippen MR) is 81.4 cm³/mol. The molecule has 0 radical (unpaired) electrons. The quantitative estimate of drug-likeness (QED) is 0.922. The number of ether oxygens (including phenoxy) is 1. The third-order valence-corrected chi connectivity index (χ3v) is 4.18. The molecule has 1 fully saturated rings.